The number of rotatable bonds is 5. The lowest BCUT2D eigenvalue weighted by atomic mass is 9.93. The summed E-state index contributed by atoms with van der Waals surface area (Å²) in [6.07, 6.45) is -8.50. The Morgan fingerprint density at radius 3 is 2.00 bits per heavy atom. The fourth-order valence-corrected chi connectivity index (χ4v) is 6.10. The van der Waals surface area contributed by atoms with Crippen molar-refractivity contribution >= 4 is 40.8 Å². The van der Waals surface area contributed by atoms with Crippen LogP contribution < -0.4 is 4.90 Å². The first kappa shape index (κ1) is 34.2. The first-order chi connectivity index (χ1) is 20.5. The molecule has 2 fully saturated rings. The van der Waals surface area contributed by atoms with Crippen LogP contribution >= 0.6 is 23.2 Å². The largest absolute Gasteiger partial charge is 0.416 e. The summed E-state index contributed by atoms with van der Waals surface area (Å²) < 4.78 is 81.1. The first-order valence-corrected chi connectivity index (χ1v) is 15.0. The molecule has 0 spiro atoms. The molecule has 1 atom stereocenters. The molecule has 2 heterocycles. The predicted octanol–water partition coefficient (Wildman–Crippen LogP) is 7.46. The van der Waals surface area contributed by atoms with Gasteiger partial charge in [-0.25, -0.2) is 4.79 Å². The molecule has 3 amide bonds. The van der Waals surface area contributed by atoms with E-state index in [1.165, 1.54) is 4.90 Å². The maximum absolute atomic E-state index is 13.8. The van der Waals surface area contributed by atoms with Crippen LogP contribution in [0.1, 0.15) is 43.4 Å². The number of benzene rings is 2. The Morgan fingerprint density at radius 2 is 1.48 bits per heavy atom. The minimum Gasteiger partial charge on any atom is -0.339 e. The fourth-order valence-electron chi connectivity index (χ4n) is 5.78. The number of hydrogen-bond donors (Lipinski definition) is 0. The molecular weight excluding hydrogens is 633 g/mol. The zero-order valence-corrected chi connectivity index (χ0v) is 26.0. The highest BCUT2D eigenvalue weighted by atomic mass is 35.5. The topological polar surface area (TPSA) is 47.1 Å². The number of nitrogens with zero attached hydrogens (tertiary/aromatic N) is 4. The van der Waals surface area contributed by atoms with Gasteiger partial charge in [-0.1, -0.05) is 29.3 Å². The summed E-state index contributed by atoms with van der Waals surface area (Å²) in [6, 6.07) is 4.93. The van der Waals surface area contributed by atoms with Gasteiger partial charge in [0, 0.05) is 44.3 Å². The number of likely N-dealkylation sites (tertiary alicyclic amines) is 1. The Hall–Kier alpha value is -2.70. The van der Waals surface area contributed by atoms with Crippen molar-refractivity contribution in [2.75, 3.05) is 44.7 Å². The van der Waals surface area contributed by atoms with Gasteiger partial charge in [0.05, 0.1) is 27.2 Å². The van der Waals surface area contributed by atoms with E-state index in [1.807, 2.05) is 0 Å². The standard InChI is InChI=1S/C30H34Cl2F6N4O2/c1-18(2)40-8-6-20(7-9-40)27(43)41-10-11-42(24(17-41)12-19-4-5-25(31)26(32)13-19)28(44)39(3)23-15-21(29(33,34)35)14-22(16-23)30(36,37)38/h4-5,13-16,18,20,24H,6-12,17H2,1-3H3/t24-/m1/s1. The number of hydrogen-bond acceptors (Lipinski definition) is 3. The third-order valence-electron chi connectivity index (χ3n) is 8.35. The number of piperidine rings is 1. The SMILES string of the molecule is CC(C)N1CCC(C(=O)N2CCN(C(=O)N(C)c3cc(C(F)(F)F)cc(C(F)(F)F)c3)[C@H](Cc3ccc(Cl)c(Cl)c3)C2)CC1. The molecule has 2 aliphatic rings. The average molecular weight is 668 g/mol. The average Bonchev–Trinajstić information content (AvgIpc) is 2.96. The summed E-state index contributed by atoms with van der Waals surface area (Å²) in [5.74, 6) is -0.202. The molecule has 0 N–H and O–H groups in total. The van der Waals surface area contributed by atoms with E-state index in [0.717, 1.165) is 25.0 Å². The van der Waals surface area contributed by atoms with Crippen molar-refractivity contribution < 1.29 is 35.9 Å². The number of halogens is 8. The molecular formula is C30H34Cl2F6N4O2. The zero-order chi connectivity index (χ0) is 32.6. The maximum atomic E-state index is 13.8. The fraction of sp³-hybridized carbons (Fsp3) is 0.533. The van der Waals surface area contributed by atoms with Gasteiger partial charge < -0.3 is 14.7 Å². The van der Waals surface area contributed by atoms with Gasteiger partial charge in [0.15, 0.2) is 0 Å². The van der Waals surface area contributed by atoms with Crippen LogP contribution in [0.3, 0.4) is 0 Å². The zero-order valence-electron chi connectivity index (χ0n) is 24.5. The van der Waals surface area contributed by atoms with Gasteiger partial charge in [-0.05, 0) is 82.1 Å². The van der Waals surface area contributed by atoms with E-state index in [2.05, 4.69) is 18.7 Å². The summed E-state index contributed by atoms with van der Waals surface area (Å²) in [7, 11) is 1.13. The highest BCUT2D eigenvalue weighted by molar-refractivity contribution is 6.42. The van der Waals surface area contributed by atoms with Gasteiger partial charge in [0.2, 0.25) is 5.91 Å². The van der Waals surface area contributed by atoms with E-state index in [4.69, 9.17) is 23.2 Å². The number of piperazine rings is 1. The monoisotopic (exact) mass is 666 g/mol. The molecule has 44 heavy (non-hydrogen) atoms. The van der Waals surface area contributed by atoms with Crippen LogP contribution in [0.4, 0.5) is 36.8 Å². The first-order valence-electron chi connectivity index (χ1n) is 14.3. The van der Waals surface area contributed by atoms with Crippen molar-refractivity contribution in [2.45, 2.75) is 57.5 Å². The number of urea groups is 1. The lowest BCUT2D eigenvalue weighted by Crippen LogP contribution is -2.60. The van der Waals surface area contributed by atoms with Gasteiger partial charge in [-0.3, -0.25) is 9.69 Å². The van der Waals surface area contributed by atoms with Crippen LogP contribution in [0.5, 0.6) is 0 Å². The van der Waals surface area contributed by atoms with Gasteiger partial charge in [0.1, 0.15) is 0 Å². The van der Waals surface area contributed by atoms with Crippen molar-refractivity contribution in [2.24, 2.45) is 5.92 Å². The van der Waals surface area contributed by atoms with E-state index < -0.39 is 41.2 Å². The third-order valence-corrected chi connectivity index (χ3v) is 9.09. The molecule has 0 aliphatic carbocycles. The van der Waals surface area contributed by atoms with Crippen molar-refractivity contribution in [1.82, 2.24) is 14.7 Å². The number of carbonyl (C=O) groups excluding carboxylic acids is 2. The number of alkyl halides is 6. The lowest BCUT2D eigenvalue weighted by Gasteiger charge is -2.44. The quantitative estimate of drug-likeness (QED) is 0.311. The number of amides is 3. The van der Waals surface area contributed by atoms with Crippen molar-refractivity contribution in [3.8, 4) is 0 Å². The summed E-state index contributed by atoms with van der Waals surface area (Å²) >= 11 is 12.3. The Morgan fingerprint density at radius 1 is 0.886 bits per heavy atom. The lowest BCUT2D eigenvalue weighted by molar-refractivity contribution is -0.143. The van der Waals surface area contributed by atoms with Crippen LogP contribution in [-0.4, -0.2) is 78.5 Å². The van der Waals surface area contributed by atoms with Crippen LogP contribution in [0, 0.1) is 5.92 Å². The molecule has 14 heteroatoms. The molecule has 4 rings (SSSR count). The minimum absolute atomic E-state index is 0.0188. The van der Waals surface area contributed by atoms with E-state index in [9.17, 15) is 35.9 Å². The third kappa shape index (κ3) is 7.92. The van der Waals surface area contributed by atoms with Gasteiger partial charge >= 0.3 is 18.4 Å². The molecule has 2 saturated heterocycles. The molecule has 6 nitrogen and oxygen atoms in total. The van der Waals surface area contributed by atoms with E-state index in [-0.39, 0.29) is 49.0 Å². The smallest absolute Gasteiger partial charge is 0.339 e. The van der Waals surface area contributed by atoms with E-state index in [0.29, 0.717) is 41.6 Å². The molecule has 0 aromatic heterocycles. The molecule has 2 aromatic carbocycles. The molecule has 0 unspecified atom stereocenters. The molecule has 2 aromatic rings. The molecule has 2 aliphatic heterocycles. The Labute approximate surface area is 262 Å². The van der Waals surface area contributed by atoms with Gasteiger partial charge in [-0.15, -0.1) is 0 Å². The Kier molecular flexibility index (Phi) is 10.4. The van der Waals surface area contributed by atoms with Crippen molar-refractivity contribution in [1.29, 1.82) is 0 Å². The predicted molar refractivity (Wildman–Crippen MR) is 157 cm³/mol. The maximum Gasteiger partial charge on any atom is 0.416 e. The normalized spacial score (nSPS) is 19.0. The van der Waals surface area contributed by atoms with E-state index >= 15 is 0 Å². The summed E-state index contributed by atoms with van der Waals surface area (Å²) in [5, 5.41) is 0.602. The molecule has 0 saturated carbocycles. The van der Waals surface area contributed by atoms with Gasteiger partial charge in [-0.2, -0.15) is 26.3 Å². The number of carbonyl (C=O) groups is 2. The van der Waals surface area contributed by atoms with Crippen LogP contribution in [-0.2, 0) is 23.6 Å². The highest BCUT2D eigenvalue weighted by Gasteiger charge is 2.40. The van der Waals surface area contributed by atoms with Crippen LogP contribution in [0.2, 0.25) is 10.0 Å². The Balaban J connectivity index is 1.60. The summed E-state index contributed by atoms with van der Waals surface area (Å²) in [6.45, 7) is 6.15. The number of anilines is 1. The van der Waals surface area contributed by atoms with Crippen molar-refractivity contribution in [3.63, 3.8) is 0 Å². The molecule has 0 radical (unpaired) electrons. The Bertz CT molecular complexity index is 1330. The summed E-state index contributed by atoms with van der Waals surface area (Å²) in [4.78, 5) is 33.5. The van der Waals surface area contributed by atoms with E-state index in [1.54, 1.807) is 23.1 Å². The second kappa shape index (κ2) is 13.3. The summed E-state index contributed by atoms with van der Waals surface area (Å²) in [5.41, 5.74) is -2.90. The molecule has 0 bridgehead atoms. The highest BCUT2D eigenvalue weighted by Crippen LogP contribution is 2.38. The second-order valence-electron chi connectivity index (χ2n) is 11.6. The van der Waals surface area contributed by atoms with Gasteiger partial charge in [0.25, 0.3) is 0 Å². The van der Waals surface area contributed by atoms with Crippen LogP contribution in [0.15, 0.2) is 36.4 Å². The molecule has 242 valence electrons. The van der Waals surface area contributed by atoms with Crippen LogP contribution in [0.25, 0.3) is 0 Å². The van der Waals surface area contributed by atoms with Crippen molar-refractivity contribution in [3.05, 3.63) is 63.1 Å². The minimum atomic E-state index is -5.06. The second-order valence-corrected chi connectivity index (χ2v) is 12.4.